The molecule has 23 heavy (non-hydrogen) atoms. The first kappa shape index (κ1) is 15.1. The molecule has 0 radical (unpaired) electrons. The van der Waals surface area contributed by atoms with E-state index in [1.165, 1.54) is 44.7 Å². The van der Waals surface area contributed by atoms with E-state index in [9.17, 15) is 0 Å². The molecule has 1 fully saturated rings. The Labute approximate surface area is 134 Å². The largest absolute Gasteiger partial charge is 0.370 e. The number of piperidine rings is 1. The molecule has 0 saturated carbocycles. The van der Waals surface area contributed by atoms with Gasteiger partial charge in [-0.2, -0.15) is 5.26 Å². The molecule has 1 aliphatic rings. The highest BCUT2D eigenvalue weighted by molar-refractivity contribution is 5.54. The summed E-state index contributed by atoms with van der Waals surface area (Å²) < 4.78 is 0. The highest BCUT2D eigenvalue weighted by atomic mass is 15.1. The van der Waals surface area contributed by atoms with Crippen molar-refractivity contribution in [2.75, 3.05) is 30.3 Å². The Morgan fingerprint density at radius 3 is 2.65 bits per heavy atom. The van der Waals surface area contributed by atoms with E-state index in [1.807, 2.05) is 12.1 Å². The van der Waals surface area contributed by atoms with Gasteiger partial charge in [-0.15, -0.1) is 0 Å². The number of rotatable bonds is 5. The van der Waals surface area contributed by atoms with Gasteiger partial charge in [0, 0.05) is 25.5 Å². The lowest BCUT2D eigenvalue weighted by atomic mass is 9.98. The molecule has 1 saturated heterocycles. The minimum atomic E-state index is 0.283. The van der Waals surface area contributed by atoms with Crippen LogP contribution in [-0.2, 0) is 0 Å². The molecular weight excluding hydrogens is 292 g/mol. The van der Waals surface area contributed by atoms with Crippen LogP contribution in [0, 0.1) is 17.2 Å². The maximum Gasteiger partial charge on any atom is 0.158 e. The second-order valence-corrected chi connectivity index (χ2v) is 5.50. The first-order valence-corrected chi connectivity index (χ1v) is 7.70. The van der Waals surface area contributed by atoms with Gasteiger partial charge in [0.1, 0.15) is 29.9 Å². The summed E-state index contributed by atoms with van der Waals surface area (Å²) in [6, 6.07) is 3.78. The maximum atomic E-state index is 8.72. The monoisotopic (exact) mass is 311 g/mol. The van der Waals surface area contributed by atoms with Gasteiger partial charge in [-0.3, -0.25) is 0 Å². The zero-order valence-electron chi connectivity index (χ0n) is 12.7. The Balaban J connectivity index is 1.59. The lowest BCUT2D eigenvalue weighted by Crippen LogP contribution is -2.86. The highest BCUT2D eigenvalue weighted by Crippen LogP contribution is 2.15. The Morgan fingerprint density at radius 2 is 1.91 bits per heavy atom. The fourth-order valence-electron chi connectivity index (χ4n) is 2.55. The van der Waals surface area contributed by atoms with E-state index >= 15 is 0 Å². The van der Waals surface area contributed by atoms with Gasteiger partial charge in [-0.1, -0.05) is 0 Å². The molecule has 0 aliphatic carbocycles. The van der Waals surface area contributed by atoms with E-state index in [4.69, 9.17) is 5.26 Å². The van der Waals surface area contributed by atoms with Crippen molar-refractivity contribution >= 4 is 17.5 Å². The first-order chi connectivity index (χ1) is 11.3. The van der Waals surface area contributed by atoms with Gasteiger partial charge in [0.05, 0.1) is 25.5 Å². The number of nitrogens with zero attached hydrogens (tertiary/aromatic N) is 5. The fraction of sp³-hybridized carbons (Fsp3) is 0.400. The van der Waals surface area contributed by atoms with Gasteiger partial charge in [-0.25, -0.2) is 19.9 Å². The number of quaternary nitrogens is 1. The van der Waals surface area contributed by atoms with Crippen molar-refractivity contribution in [1.82, 2.24) is 19.9 Å². The molecule has 4 N–H and O–H groups in total. The number of aromatic nitrogens is 4. The summed E-state index contributed by atoms with van der Waals surface area (Å²) in [6.45, 7) is 3.35. The molecule has 118 valence electrons. The summed E-state index contributed by atoms with van der Waals surface area (Å²) in [4.78, 5) is 16.5. The number of hydrogen-bond donors (Lipinski definition) is 3. The molecule has 0 atom stereocenters. The number of hydrogen-bond acceptors (Lipinski definition) is 7. The van der Waals surface area contributed by atoms with E-state index in [-0.39, 0.29) is 5.69 Å². The molecule has 1 aliphatic heterocycles. The predicted molar refractivity (Wildman–Crippen MR) is 84.9 cm³/mol. The van der Waals surface area contributed by atoms with Gasteiger partial charge in [0.2, 0.25) is 0 Å². The topological polar surface area (TPSA) is 116 Å². The third kappa shape index (κ3) is 4.34. The van der Waals surface area contributed by atoms with Crippen molar-refractivity contribution in [1.29, 1.82) is 5.26 Å². The third-order valence-corrected chi connectivity index (χ3v) is 3.82. The normalized spacial score (nSPS) is 14.9. The molecule has 2 aromatic heterocycles. The highest BCUT2D eigenvalue weighted by Gasteiger charge is 2.15. The van der Waals surface area contributed by atoms with Crippen molar-refractivity contribution in [2.45, 2.75) is 12.8 Å². The lowest BCUT2D eigenvalue weighted by molar-refractivity contribution is -0.664. The van der Waals surface area contributed by atoms with Crippen molar-refractivity contribution < 1.29 is 5.32 Å². The number of nitrogens with one attached hydrogen (secondary N) is 2. The minimum absolute atomic E-state index is 0.283. The van der Waals surface area contributed by atoms with Crippen LogP contribution in [0.25, 0.3) is 0 Å². The second-order valence-electron chi connectivity index (χ2n) is 5.50. The molecule has 8 heteroatoms. The number of nitrogens with two attached hydrogens (primary N) is 1. The SMILES string of the molecule is N#Cc1cnc(Nc2cc(NCC3CC[NH2+]CC3)ncn2)cn1. The average molecular weight is 311 g/mol. The van der Waals surface area contributed by atoms with Crippen molar-refractivity contribution in [3.63, 3.8) is 0 Å². The molecule has 3 heterocycles. The van der Waals surface area contributed by atoms with E-state index in [1.54, 1.807) is 0 Å². The van der Waals surface area contributed by atoms with E-state index < -0.39 is 0 Å². The first-order valence-electron chi connectivity index (χ1n) is 7.70. The van der Waals surface area contributed by atoms with Gasteiger partial charge in [0.15, 0.2) is 5.69 Å². The zero-order valence-corrected chi connectivity index (χ0v) is 12.7. The van der Waals surface area contributed by atoms with Crippen LogP contribution in [0.2, 0.25) is 0 Å². The third-order valence-electron chi connectivity index (χ3n) is 3.82. The molecule has 2 aromatic rings. The Hall–Kier alpha value is -2.79. The fourth-order valence-corrected chi connectivity index (χ4v) is 2.55. The summed E-state index contributed by atoms with van der Waals surface area (Å²) in [5, 5.41) is 17.5. The Bertz CT molecular complexity index is 673. The molecule has 3 rings (SSSR count). The Kier molecular flexibility index (Phi) is 4.91. The molecule has 0 spiro atoms. The maximum absolute atomic E-state index is 8.72. The zero-order chi connectivity index (χ0) is 15.9. The summed E-state index contributed by atoms with van der Waals surface area (Å²) in [5.41, 5.74) is 0.283. The molecule has 0 unspecified atom stereocenters. The standard InChI is InChI=1S/C15H18N8/c16-6-12-8-20-15(9-18-12)23-14-5-13(21-10-22-14)19-7-11-1-3-17-4-2-11/h5,8-11,17H,1-4,7H2,(H2,19,20,21,22,23)/p+1. The van der Waals surface area contributed by atoms with Gasteiger partial charge < -0.3 is 16.0 Å². The smallest absolute Gasteiger partial charge is 0.158 e. The molecule has 0 aromatic carbocycles. The van der Waals surface area contributed by atoms with Crippen molar-refractivity contribution in [3.05, 3.63) is 30.5 Å². The minimum Gasteiger partial charge on any atom is -0.370 e. The second kappa shape index (κ2) is 7.47. The van der Waals surface area contributed by atoms with Crippen molar-refractivity contribution in [2.24, 2.45) is 5.92 Å². The van der Waals surface area contributed by atoms with Gasteiger partial charge >= 0.3 is 0 Å². The number of anilines is 3. The summed E-state index contributed by atoms with van der Waals surface area (Å²) in [7, 11) is 0. The van der Waals surface area contributed by atoms with Crippen LogP contribution < -0.4 is 16.0 Å². The quantitative estimate of drug-likeness (QED) is 0.725. The lowest BCUT2D eigenvalue weighted by Gasteiger charge is -2.20. The molecule has 0 amide bonds. The van der Waals surface area contributed by atoms with E-state index in [0.29, 0.717) is 17.6 Å². The van der Waals surface area contributed by atoms with Crippen LogP contribution >= 0.6 is 0 Å². The van der Waals surface area contributed by atoms with Crippen molar-refractivity contribution in [3.8, 4) is 6.07 Å². The van der Waals surface area contributed by atoms with Crippen LogP contribution in [0.4, 0.5) is 17.5 Å². The van der Waals surface area contributed by atoms with Crippen LogP contribution in [0.1, 0.15) is 18.5 Å². The predicted octanol–water partition coefficient (Wildman–Crippen LogP) is 0.267. The van der Waals surface area contributed by atoms with E-state index in [0.717, 1.165) is 12.4 Å². The summed E-state index contributed by atoms with van der Waals surface area (Å²) >= 11 is 0. The van der Waals surface area contributed by atoms with Gasteiger partial charge in [0.25, 0.3) is 0 Å². The molecular formula is C15H19N8+. The van der Waals surface area contributed by atoms with Gasteiger partial charge in [-0.05, 0) is 5.92 Å². The molecule has 8 nitrogen and oxygen atoms in total. The average Bonchev–Trinajstić information content (AvgIpc) is 2.62. The van der Waals surface area contributed by atoms with Crippen LogP contribution in [-0.4, -0.2) is 39.6 Å². The van der Waals surface area contributed by atoms with Crippen LogP contribution in [0.3, 0.4) is 0 Å². The number of nitriles is 1. The van der Waals surface area contributed by atoms with E-state index in [2.05, 4.69) is 35.9 Å². The summed E-state index contributed by atoms with van der Waals surface area (Å²) in [6.07, 6.45) is 6.92. The summed E-state index contributed by atoms with van der Waals surface area (Å²) in [5.74, 6) is 2.67. The van der Waals surface area contributed by atoms with Crippen LogP contribution in [0.15, 0.2) is 24.8 Å². The Morgan fingerprint density at radius 1 is 1.09 bits per heavy atom. The van der Waals surface area contributed by atoms with Crippen LogP contribution in [0.5, 0.6) is 0 Å². The molecule has 0 bridgehead atoms.